The van der Waals surface area contributed by atoms with E-state index in [1.807, 2.05) is 0 Å². The second kappa shape index (κ2) is 5.57. The van der Waals surface area contributed by atoms with E-state index in [-0.39, 0.29) is 22.7 Å². The number of aliphatic hydroxyl groups excluding tert-OH is 1. The van der Waals surface area contributed by atoms with Gasteiger partial charge in [0.25, 0.3) is 10.0 Å². The fraction of sp³-hybridized carbons (Fsp3) is 0.462. The highest BCUT2D eigenvalue weighted by molar-refractivity contribution is 7.89. The smallest absolute Gasteiger partial charge is 0.262 e. The molecule has 1 aliphatic heterocycles. The zero-order chi connectivity index (χ0) is 15.0. The predicted octanol–water partition coefficient (Wildman–Crippen LogP) is 1.38. The van der Waals surface area contributed by atoms with Gasteiger partial charge < -0.3 is 5.11 Å². The second-order valence-electron chi connectivity index (χ2n) is 5.17. The van der Waals surface area contributed by atoms with Crippen LogP contribution in [0.1, 0.15) is 12.8 Å². The van der Waals surface area contributed by atoms with Crippen molar-refractivity contribution >= 4 is 27.3 Å². The number of hydrogen-bond donors (Lipinski definition) is 1. The number of nitrogens with zero attached hydrogens (tertiary/aromatic N) is 3. The van der Waals surface area contributed by atoms with Gasteiger partial charge in [0.2, 0.25) is 0 Å². The van der Waals surface area contributed by atoms with Gasteiger partial charge in [0, 0.05) is 25.9 Å². The van der Waals surface area contributed by atoms with Crippen molar-refractivity contribution in [1.82, 2.24) is 13.7 Å². The van der Waals surface area contributed by atoms with E-state index in [0.29, 0.717) is 25.2 Å². The highest BCUT2D eigenvalue weighted by atomic mass is 35.5. The molecule has 0 bridgehead atoms. The predicted molar refractivity (Wildman–Crippen MR) is 78.8 cm³/mol. The number of fused-ring (bicyclic) bond motifs is 1. The molecule has 3 heterocycles. The summed E-state index contributed by atoms with van der Waals surface area (Å²) in [5.41, 5.74) is 0.507. The molecule has 1 aliphatic rings. The van der Waals surface area contributed by atoms with Crippen molar-refractivity contribution in [1.29, 1.82) is 0 Å². The van der Waals surface area contributed by atoms with Gasteiger partial charge in [-0.15, -0.1) is 0 Å². The molecule has 1 unspecified atom stereocenters. The third-order valence-corrected chi connectivity index (χ3v) is 6.08. The number of hydrogen-bond acceptors (Lipinski definition) is 4. The summed E-state index contributed by atoms with van der Waals surface area (Å²) in [6.07, 6.45) is 3.02. The van der Waals surface area contributed by atoms with E-state index in [1.165, 1.54) is 8.71 Å². The van der Waals surface area contributed by atoms with Gasteiger partial charge in [-0.25, -0.2) is 13.4 Å². The summed E-state index contributed by atoms with van der Waals surface area (Å²) < 4.78 is 28.5. The molecular weight excluding hydrogens is 314 g/mol. The standard InChI is InChI=1S/C13H16ClN3O3S/c14-12-13(17-6-2-1-3-11(17)15-12)21(19,20)16-7-4-10(9-16)5-8-18/h1-3,6,10,18H,4-5,7-9H2. The zero-order valence-corrected chi connectivity index (χ0v) is 12.9. The zero-order valence-electron chi connectivity index (χ0n) is 11.3. The molecule has 0 radical (unpaired) electrons. The average Bonchev–Trinajstić information content (AvgIpc) is 3.02. The monoisotopic (exact) mass is 329 g/mol. The van der Waals surface area contributed by atoms with E-state index in [2.05, 4.69) is 4.98 Å². The van der Waals surface area contributed by atoms with Crippen LogP contribution in [-0.2, 0) is 10.0 Å². The molecule has 0 saturated carbocycles. The summed E-state index contributed by atoms with van der Waals surface area (Å²) in [4.78, 5) is 4.09. The van der Waals surface area contributed by atoms with Crippen LogP contribution in [-0.4, -0.2) is 46.9 Å². The molecule has 2 aromatic rings. The van der Waals surface area contributed by atoms with Crippen LogP contribution in [0.2, 0.25) is 5.15 Å². The Kier molecular flexibility index (Phi) is 3.92. The van der Waals surface area contributed by atoms with Crippen molar-refractivity contribution in [3.8, 4) is 0 Å². The van der Waals surface area contributed by atoms with E-state index in [1.54, 1.807) is 24.4 Å². The van der Waals surface area contributed by atoms with Gasteiger partial charge in [0.1, 0.15) is 5.65 Å². The van der Waals surface area contributed by atoms with Crippen LogP contribution in [0.3, 0.4) is 0 Å². The molecule has 0 aliphatic carbocycles. The first-order valence-electron chi connectivity index (χ1n) is 6.77. The van der Waals surface area contributed by atoms with E-state index in [9.17, 15) is 8.42 Å². The van der Waals surface area contributed by atoms with Crippen molar-refractivity contribution in [2.24, 2.45) is 5.92 Å². The molecule has 1 fully saturated rings. The molecule has 2 aromatic heterocycles. The normalized spacial score (nSPS) is 20.4. The summed E-state index contributed by atoms with van der Waals surface area (Å²) in [7, 11) is -3.68. The number of pyridine rings is 1. The van der Waals surface area contributed by atoms with Crippen LogP contribution < -0.4 is 0 Å². The Morgan fingerprint density at radius 1 is 1.43 bits per heavy atom. The number of aromatic nitrogens is 2. The van der Waals surface area contributed by atoms with Crippen LogP contribution in [0.5, 0.6) is 0 Å². The number of rotatable bonds is 4. The van der Waals surface area contributed by atoms with Crippen molar-refractivity contribution in [3.05, 3.63) is 29.5 Å². The van der Waals surface area contributed by atoms with E-state index in [4.69, 9.17) is 16.7 Å². The van der Waals surface area contributed by atoms with Crippen LogP contribution >= 0.6 is 11.6 Å². The topological polar surface area (TPSA) is 74.9 Å². The number of imidazole rings is 1. The molecule has 8 heteroatoms. The Morgan fingerprint density at radius 2 is 2.24 bits per heavy atom. The van der Waals surface area contributed by atoms with Crippen molar-refractivity contribution < 1.29 is 13.5 Å². The minimum atomic E-state index is -3.68. The molecule has 21 heavy (non-hydrogen) atoms. The Morgan fingerprint density at radius 3 is 3.00 bits per heavy atom. The van der Waals surface area contributed by atoms with Crippen LogP contribution in [0, 0.1) is 5.92 Å². The molecule has 1 saturated heterocycles. The fourth-order valence-corrected chi connectivity index (χ4v) is 4.86. The molecule has 0 spiro atoms. The first kappa shape index (κ1) is 14.8. The first-order valence-corrected chi connectivity index (χ1v) is 8.59. The summed E-state index contributed by atoms with van der Waals surface area (Å²) in [5, 5.41) is 8.99. The van der Waals surface area contributed by atoms with E-state index in [0.717, 1.165) is 6.42 Å². The van der Waals surface area contributed by atoms with Gasteiger partial charge in [-0.3, -0.25) is 4.40 Å². The molecule has 0 amide bonds. The Hall–Kier alpha value is -1.15. The third kappa shape index (κ3) is 2.55. The lowest BCUT2D eigenvalue weighted by Crippen LogP contribution is -2.30. The molecular formula is C13H16ClN3O3S. The highest BCUT2D eigenvalue weighted by Crippen LogP contribution is 2.30. The summed E-state index contributed by atoms with van der Waals surface area (Å²) in [6, 6.07) is 5.23. The highest BCUT2D eigenvalue weighted by Gasteiger charge is 2.36. The minimum Gasteiger partial charge on any atom is -0.396 e. The van der Waals surface area contributed by atoms with Gasteiger partial charge in [0.15, 0.2) is 10.2 Å². The quantitative estimate of drug-likeness (QED) is 0.919. The summed E-state index contributed by atoms with van der Waals surface area (Å²) >= 11 is 6.05. The number of aliphatic hydroxyl groups is 1. The molecule has 0 aromatic carbocycles. The Balaban J connectivity index is 2.00. The van der Waals surface area contributed by atoms with Crippen LogP contribution in [0.4, 0.5) is 0 Å². The van der Waals surface area contributed by atoms with Crippen LogP contribution in [0.25, 0.3) is 5.65 Å². The number of sulfonamides is 1. The molecule has 3 rings (SSSR count). The fourth-order valence-electron chi connectivity index (χ4n) is 2.73. The van der Waals surface area contributed by atoms with Crippen LogP contribution in [0.15, 0.2) is 29.4 Å². The lowest BCUT2D eigenvalue weighted by atomic mass is 10.1. The minimum absolute atomic E-state index is 0.00759. The Labute approximate surface area is 128 Å². The largest absolute Gasteiger partial charge is 0.396 e. The molecule has 6 nitrogen and oxygen atoms in total. The van der Waals surface area contributed by atoms with Gasteiger partial charge in [0.05, 0.1) is 0 Å². The number of halogens is 1. The second-order valence-corrected chi connectivity index (χ2v) is 7.38. The summed E-state index contributed by atoms with van der Waals surface area (Å²) in [6.45, 7) is 0.942. The van der Waals surface area contributed by atoms with E-state index < -0.39 is 10.0 Å². The molecule has 114 valence electrons. The molecule has 1 atom stereocenters. The van der Waals surface area contributed by atoms with Gasteiger partial charge >= 0.3 is 0 Å². The van der Waals surface area contributed by atoms with Crippen molar-refractivity contribution in [2.45, 2.75) is 17.9 Å². The van der Waals surface area contributed by atoms with Gasteiger partial charge in [-0.2, -0.15) is 4.31 Å². The SMILES string of the molecule is O=S(=O)(c1c(Cl)nc2ccccn12)N1CCC(CCO)C1. The third-order valence-electron chi connectivity index (χ3n) is 3.82. The van der Waals surface area contributed by atoms with Crippen molar-refractivity contribution in [2.75, 3.05) is 19.7 Å². The molecule has 1 N–H and O–H groups in total. The van der Waals surface area contributed by atoms with E-state index >= 15 is 0 Å². The first-order chi connectivity index (χ1) is 10.0. The maximum Gasteiger partial charge on any atom is 0.262 e. The maximum atomic E-state index is 12.8. The average molecular weight is 330 g/mol. The van der Waals surface area contributed by atoms with Crippen molar-refractivity contribution in [3.63, 3.8) is 0 Å². The lowest BCUT2D eigenvalue weighted by Gasteiger charge is -2.16. The van der Waals surface area contributed by atoms with Gasteiger partial charge in [-0.1, -0.05) is 17.7 Å². The lowest BCUT2D eigenvalue weighted by molar-refractivity contribution is 0.259. The maximum absolute atomic E-state index is 12.8. The Bertz CT molecular complexity index is 759. The summed E-state index contributed by atoms with van der Waals surface area (Å²) in [5.74, 6) is 0.197. The van der Waals surface area contributed by atoms with Gasteiger partial charge in [-0.05, 0) is 30.9 Å².